The first-order chi connectivity index (χ1) is 38.6. The Morgan fingerprint density at radius 1 is 0.430 bits per heavy atom. The lowest BCUT2D eigenvalue weighted by Gasteiger charge is -2.42. The van der Waals surface area contributed by atoms with Crippen molar-refractivity contribution in [1.82, 2.24) is 0 Å². The summed E-state index contributed by atoms with van der Waals surface area (Å²) < 4.78 is 34.4. The SMILES string of the molecule is CC/C=C\C/C=C\C/C=C\C/C=C\C/C=C\C/C=C\CCCCC(=O)OC(COCCCCCCCCCCCCCC/C=C\C/C=C\CCCCCCC)COC1OC(COC2OC(CO)C(O)C(O)C2O)C(O)C(O)C1O. The monoisotopic (exact) mass is 1110 g/mol. The van der Waals surface area contributed by atoms with Gasteiger partial charge >= 0.3 is 5.97 Å². The maximum Gasteiger partial charge on any atom is 0.306 e. The largest absolute Gasteiger partial charge is 0.457 e. The fourth-order valence-electron chi connectivity index (χ4n) is 9.14. The first-order valence-electron chi connectivity index (χ1n) is 30.8. The van der Waals surface area contributed by atoms with Crippen LogP contribution in [0.3, 0.4) is 0 Å². The zero-order chi connectivity index (χ0) is 57.2. The second-order valence-electron chi connectivity index (χ2n) is 21.1. The standard InChI is InChI=1S/C65H110O14/c1-3-5-7-9-11-13-15-17-19-21-23-25-26-27-29-31-33-35-37-39-41-43-45-47-49-74-51-54(52-75-64-63(73)61(71)59(69)56(79-64)53-76-65-62(72)60(70)58(68)55(50-66)78-65)77-57(67)48-46-44-42-40-38-36-34-32-30-28-24-22-20-18-16-14-12-10-8-6-4-2/h6,8,12,14-15,17-18,20-21,23-24,28,32,34,38,40,54-56,58-66,68-73H,3-5,7,9-11,13,16,19,22,25-27,29-31,33,35-37,39,41-53H2,1-2H3/b8-6-,14-12-,17-15-,20-18-,23-21-,28-24-,34-32-,40-38-. The van der Waals surface area contributed by atoms with Crippen LogP contribution in [0.15, 0.2) is 97.2 Å². The lowest BCUT2D eigenvalue weighted by atomic mass is 9.98. The molecule has 2 fully saturated rings. The van der Waals surface area contributed by atoms with Gasteiger partial charge in [0.15, 0.2) is 12.6 Å². The molecule has 0 aromatic rings. The molecule has 0 aromatic heterocycles. The Kier molecular flexibility index (Phi) is 46.1. The molecule has 0 radical (unpaired) electrons. The number of esters is 1. The summed E-state index contributed by atoms with van der Waals surface area (Å²) in [5.41, 5.74) is 0. The van der Waals surface area contributed by atoms with E-state index in [1.54, 1.807) is 0 Å². The molecule has 2 saturated heterocycles. The second-order valence-corrected chi connectivity index (χ2v) is 21.1. The number of hydrogen-bond donors (Lipinski definition) is 7. The minimum Gasteiger partial charge on any atom is -0.457 e. The topological polar surface area (TPSA) is 214 Å². The fraction of sp³-hybridized carbons (Fsp3) is 0.738. The summed E-state index contributed by atoms with van der Waals surface area (Å²) in [6, 6.07) is 0. The van der Waals surface area contributed by atoms with Crippen LogP contribution in [0.5, 0.6) is 0 Å². The predicted molar refractivity (Wildman–Crippen MR) is 316 cm³/mol. The molecule has 0 spiro atoms. The molecule has 14 heteroatoms. The summed E-state index contributed by atoms with van der Waals surface area (Å²) in [6.07, 6.45) is 51.8. The minimum atomic E-state index is -1.72. The lowest BCUT2D eigenvalue weighted by Crippen LogP contribution is -2.61. The normalized spacial score (nSPS) is 24.7. The highest BCUT2D eigenvalue weighted by atomic mass is 16.7. The summed E-state index contributed by atoms with van der Waals surface area (Å²) in [6.45, 7) is 3.50. The van der Waals surface area contributed by atoms with E-state index in [0.717, 1.165) is 77.0 Å². The number of ether oxygens (including phenoxy) is 6. The van der Waals surface area contributed by atoms with Gasteiger partial charge in [0.25, 0.3) is 0 Å². The molecule has 11 atom stereocenters. The summed E-state index contributed by atoms with van der Waals surface area (Å²) >= 11 is 0. The van der Waals surface area contributed by atoms with E-state index in [1.165, 1.54) is 103 Å². The van der Waals surface area contributed by atoms with Crippen molar-refractivity contribution in [2.75, 3.05) is 33.0 Å². The Morgan fingerprint density at radius 2 is 0.823 bits per heavy atom. The first-order valence-corrected chi connectivity index (χ1v) is 30.8. The average Bonchev–Trinajstić information content (AvgIpc) is 3.45. The average molecular weight is 1120 g/mol. The third-order valence-electron chi connectivity index (χ3n) is 14.1. The van der Waals surface area contributed by atoms with Crippen LogP contribution in [0.4, 0.5) is 0 Å². The van der Waals surface area contributed by atoms with Crippen molar-refractivity contribution in [2.24, 2.45) is 0 Å². The highest BCUT2D eigenvalue weighted by Crippen LogP contribution is 2.26. The molecular formula is C65H110O14. The number of aliphatic hydroxyl groups excluding tert-OH is 7. The molecule has 454 valence electrons. The van der Waals surface area contributed by atoms with Gasteiger partial charge in [-0.05, 0) is 96.3 Å². The zero-order valence-electron chi connectivity index (χ0n) is 48.8. The third kappa shape index (κ3) is 36.9. The molecule has 0 amide bonds. The van der Waals surface area contributed by atoms with E-state index in [-0.39, 0.29) is 19.6 Å². The number of carbonyl (C=O) groups is 1. The van der Waals surface area contributed by atoms with Gasteiger partial charge in [0.05, 0.1) is 26.4 Å². The van der Waals surface area contributed by atoms with Gasteiger partial charge in [-0.3, -0.25) is 4.79 Å². The van der Waals surface area contributed by atoms with Crippen LogP contribution in [-0.4, -0.2) is 142 Å². The van der Waals surface area contributed by atoms with E-state index in [9.17, 15) is 40.5 Å². The Balaban J connectivity index is 1.72. The number of allylic oxidation sites excluding steroid dienone is 16. The van der Waals surface area contributed by atoms with Crippen molar-refractivity contribution >= 4 is 5.97 Å². The Hall–Kier alpha value is -3.09. The van der Waals surface area contributed by atoms with E-state index in [1.807, 2.05) is 0 Å². The van der Waals surface area contributed by atoms with Gasteiger partial charge in [0.1, 0.15) is 54.9 Å². The number of carbonyl (C=O) groups excluding carboxylic acids is 1. The van der Waals surface area contributed by atoms with Crippen LogP contribution in [0.25, 0.3) is 0 Å². The summed E-state index contributed by atoms with van der Waals surface area (Å²) in [7, 11) is 0. The minimum absolute atomic E-state index is 0.0373. The molecule has 0 bridgehead atoms. The molecule has 2 heterocycles. The molecule has 0 saturated carbocycles. The van der Waals surface area contributed by atoms with Crippen LogP contribution < -0.4 is 0 Å². The van der Waals surface area contributed by atoms with Crippen LogP contribution in [-0.2, 0) is 33.2 Å². The second kappa shape index (κ2) is 50.6. The van der Waals surface area contributed by atoms with Gasteiger partial charge in [0.2, 0.25) is 0 Å². The smallest absolute Gasteiger partial charge is 0.306 e. The van der Waals surface area contributed by atoms with Gasteiger partial charge in [-0.25, -0.2) is 0 Å². The quantitative estimate of drug-likeness (QED) is 0.0172. The van der Waals surface area contributed by atoms with Gasteiger partial charge < -0.3 is 64.2 Å². The van der Waals surface area contributed by atoms with Crippen LogP contribution in [0.2, 0.25) is 0 Å². The molecule has 2 aliphatic heterocycles. The molecule has 14 nitrogen and oxygen atoms in total. The number of rotatable bonds is 49. The maximum absolute atomic E-state index is 13.1. The summed E-state index contributed by atoms with van der Waals surface area (Å²) in [5, 5.41) is 72.4. The highest BCUT2D eigenvalue weighted by molar-refractivity contribution is 5.69. The van der Waals surface area contributed by atoms with Crippen molar-refractivity contribution < 1.29 is 69.0 Å². The molecule has 2 rings (SSSR count). The highest BCUT2D eigenvalue weighted by Gasteiger charge is 2.47. The molecule has 79 heavy (non-hydrogen) atoms. The Bertz CT molecular complexity index is 1670. The molecule has 0 aromatic carbocycles. The molecule has 0 aliphatic carbocycles. The van der Waals surface area contributed by atoms with E-state index in [4.69, 9.17) is 28.4 Å². The number of hydrogen-bond acceptors (Lipinski definition) is 14. The predicted octanol–water partition coefficient (Wildman–Crippen LogP) is 11.7. The van der Waals surface area contributed by atoms with Gasteiger partial charge in [-0.1, -0.05) is 201 Å². The first kappa shape index (κ1) is 72.0. The van der Waals surface area contributed by atoms with Crippen LogP contribution in [0.1, 0.15) is 206 Å². The maximum atomic E-state index is 13.1. The van der Waals surface area contributed by atoms with Gasteiger partial charge in [-0.2, -0.15) is 0 Å². The molecule has 11 unspecified atom stereocenters. The van der Waals surface area contributed by atoms with Gasteiger partial charge in [-0.15, -0.1) is 0 Å². The molecular weight excluding hydrogens is 1000 g/mol. The Morgan fingerprint density at radius 3 is 1.29 bits per heavy atom. The Labute approximate surface area is 477 Å². The molecule has 2 aliphatic rings. The van der Waals surface area contributed by atoms with Crippen LogP contribution >= 0.6 is 0 Å². The third-order valence-corrected chi connectivity index (χ3v) is 14.1. The van der Waals surface area contributed by atoms with E-state index >= 15 is 0 Å². The fourth-order valence-corrected chi connectivity index (χ4v) is 9.14. The van der Waals surface area contributed by atoms with Crippen molar-refractivity contribution in [3.63, 3.8) is 0 Å². The van der Waals surface area contributed by atoms with Crippen molar-refractivity contribution in [3.8, 4) is 0 Å². The van der Waals surface area contributed by atoms with Crippen LogP contribution in [0, 0.1) is 0 Å². The number of aliphatic hydroxyl groups is 7. The molecule has 7 N–H and O–H groups in total. The summed E-state index contributed by atoms with van der Waals surface area (Å²) in [5.74, 6) is -0.420. The zero-order valence-corrected chi connectivity index (χ0v) is 48.8. The lowest BCUT2D eigenvalue weighted by molar-refractivity contribution is -0.332. The van der Waals surface area contributed by atoms with Crippen molar-refractivity contribution in [2.45, 2.75) is 274 Å². The van der Waals surface area contributed by atoms with E-state index in [2.05, 4.69) is 111 Å². The van der Waals surface area contributed by atoms with E-state index in [0.29, 0.717) is 13.0 Å². The summed E-state index contributed by atoms with van der Waals surface area (Å²) in [4.78, 5) is 13.1. The van der Waals surface area contributed by atoms with Gasteiger partial charge in [0, 0.05) is 13.0 Å². The van der Waals surface area contributed by atoms with Crippen molar-refractivity contribution in [1.29, 1.82) is 0 Å². The van der Waals surface area contributed by atoms with Crippen molar-refractivity contribution in [3.05, 3.63) is 97.2 Å². The number of unbranched alkanes of at least 4 members (excludes halogenated alkanes) is 19. The van der Waals surface area contributed by atoms with E-state index < -0.39 is 86.7 Å².